The minimum atomic E-state index is -1.02. The highest BCUT2D eigenvalue weighted by Gasteiger charge is 2.15. The first-order valence-electron chi connectivity index (χ1n) is 8.00. The molecule has 1 atom stereocenters. The molecule has 0 aliphatic heterocycles. The normalized spacial score (nSPS) is 11.7. The Morgan fingerprint density at radius 1 is 1.27 bits per heavy atom. The maximum atomic E-state index is 12.7. The standard InChI is InChI=1S/C18H20ClN3O4/c1-11-7-8-22(10-13-5-3-4-6-14(13)19)17(25)16(11)21-18(26)20-12(2)9-15(23)24/h3-8,12H,9-10H2,1-2H3,(H,23,24)(H2,20,21,26)/t12-/m1/s1. The first-order chi connectivity index (χ1) is 12.3. The van der Waals surface area contributed by atoms with Gasteiger partial charge in [0, 0.05) is 17.3 Å². The van der Waals surface area contributed by atoms with Crippen molar-refractivity contribution in [2.75, 3.05) is 5.32 Å². The van der Waals surface area contributed by atoms with Crippen LogP contribution in [-0.4, -0.2) is 27.7 Å². The van der Waals surface area contributed by atoms with Gasteiger partial charge in [-0.1, -0.05) is 29.8 Å². The van der Waals surface area contributed by atoms with Crippen LogP contribution in [0.4, 0.5) is 10.5 Å². The molecule has 2 amide bonds. The average Bonchev–Trinajstić information content (AvgIpc) is 2.55. The summed E-state index contributed by atoms with van der Waals surface area (Å²) in [5.41, 5.74) is 1.16. The maximum Gasteiger partial charge on any atom is 0.319 e. The Hall–Kier alpha value is -2.80. The third kappa shape index (κ3) is 5.10. The number of anilines is 1. The van der Waals surface area contributed by atoms with Crippen molar-refractivity contribution in [2.24, 2.45) is 0 Å². The van der Waals surface area contributed by atoms with Crippen molar-refractivity contribution in [1.29, 1.82) is 0 Å². The minimum absolute atomic E-state index is 0.138. The van der Waals surface area contributed by atoms with E-state index in [1.165, 1.54) is 4.57 Å². The minimum Gasteiger partial charge on any atom is -0.481 e. The molecule has 0 saturated carbocycles. The van der Waals surface area contributed by atoms with E-state index in [0.29, 0.717) is 10.6 Å². The predicted octanol–water partition coefficient (Wildman–Crippen LogP) is 2.84. The Labute approximate surface area is 155 Å². The third-order valence-corrected chi connectivity index (χ3v) is 4.14. The Kier molecular flexibility index (Phi) is 6.41. The fourth-order valence-corrected chi connectivity index (χ4v) is 2.63. The molecule has 0 aliphatic rings. The van der Waals surface area contributed by atoms with Gasteiger partial charge in [0.25, 0.3) is 5.56 Å². The number of carbonyl (C=O) groups excluding carboxylic acids is 1. The fourth-order valence-electron chi connectivity index (χ4n) is 2.44. The number of nitrogens with one attached hydrogen (secondary N) is 2. The number of aryl methyl sites for hydroxylation is 1. The van der Waals surface area contributed by atoms with Gasteiger partial charge in [-0.15, -0.1) is 0 Å². The van der Waals surface area contributed by atoms with Crippen molar-refractivity contribution in [2.45, 2.75) is 32.9 Å². The summed E-state index contributed by atoms with van der Waals surface area (Å²) in [6.07, 6.45) is 1.43. The van der Waals surface area contributed by atoms with E-state index in [2.05, 4.69) is 10.6 Å². The maximum absolute atomic E-state index is 12.7. The van der Waals surface area contributed by atoms with Crippen LogP contribution in [-0.2, 0) is 11.3 Å². The lowest BCUT2D eigenvalue weighted by Gasteiger charge is -2.15. The van der Waals surface area contributed by atoms with Crippen LogP contribution in [0, 0.1) is 6.92 Å². The third-order valence-electron chi connectivity index (χ3n) is 3.77. The summed E-state index contributed by atoms with van der Waals surface area (Å²) in [7, 11) is 0. The van der Waals surface area contributed by atoms with Crippen LogP contribution in [0.1, 0.15) is 24.5 Å². The van der Waals surface area contributed by atoms with E-state index in [9.17, 15) is 14.4 Å². The zero-order chi connectivity index (χ0) is 19.3. The van der Waals surface area contributed by atoms with E-state index in [0.717, 1.165) is 5.56 Å². The number of aromatic nitrogens is 1. The lowest BCUT2D eigenvalue weighted by atomic mass is 10.2. The number of carbonyl (C=O) groups is 2. The number of benzene rings is 1. The summed E-state index contributed by atoms with van der Waals surface area (Å²) in [4.78, 5) is 35.4. The Morgan fingerprint density at radius 2 is 1.96 bits per heavy atom. The molecular weight excluding hydrogens is 358 g/mol. The van der Waals surface area contributed by atoms with Crippen molar-refractivity contribution >= 4 is 29.3 Å². The second kappa shape index (κ2) is 8.53. The van der Waals surface area contributed by atoms with Gasteiger partial charge in [0.1, 0.15) is 5.69 Å². The van der Waals surface area contributed by atoms with E-state index in [1.54, 1.807) is 38.2 Å². The van der Waals surface area contributed by atoms with E-state index in [-0.39, 0.29) is 24.2 Å². The number of aliphatic carboxylic acids is 1. The van der Waals surface area contributed by atoms with Crippen LogP contribution in [0.15, 0.2) is 41.3 Å². The molecule has 1 heterocycles. The Bertz CT molecular complexity index is 879. The summed E-state index contributed by atoms with van der Waals surface area (Å²) < 4.78 is 1.45. The number of urea groups is 1. The molecule has 0 bridgehead atoms. The molecule has 0 fully saturated rings. The van der Waals surface area contributed by atoms with Crippen LogP contribution in [0.5, 0.6) is 0 Å². The lowest BCUT2D eigenvalue weighted by Crippen LogP contribution is -2.39. The van der Waals surface area contributed by atoms with Crippen LogP contribution in [0.2, 0.25) is 5.02 Å². The Morgan fingerprint density at radius 3 is 2.62 bits per heavy atom. The zero-order valence-corrected chi connectivity index (χ0v) is 15.2. The first-order valence-corrected chi connectivity index (χ1v) is 8.38. The number of carboxylic acids is 1. The summed E-state index contributed by atoms with van der Waals surface area (Å²) in [6, 6.07) is 7.72. The van der Waals surface area contributed by atoms with Crippen molar-refractivity contribution in [1.82, 2.24) is 9.88 Å². The van der Waals surface area contributed by atoms with E-state index in [1.807, 2.05) is 12.1 Å². The number of halogens is 1. The molecule has 8 heteroatoms. The van der Waals surface area contributed by atoms with Gasteiger partial charge in [0.2, 0.25) is 0 Å². The van der Waals surface area contributed by atoms with Gasteiger partial charge in [-0.3, -0.25) is 9.59 Å². The molecule has 0 spiro atoms. The fraction of sp³-hybridized carbons (Fsp3) is 0.278. The van der Waals surface area contributed by atoms with Crippen LogP contribution < -0.4 is 16.2 Å². The number of rotatable bonds is 6. The van der Waals surface area contributed by atoms with E-state index in [4.69, 9.17) is 16.7 Å². The quantitative estimate of drug-likeness (QED) is 0.720. The van der Waals surface area contributed by atoms with E-state index >= 15 is 0 Å². The SMILES string of the molecule is Cc1ccn(Cc2ccccc2Cl)c(=O)c1NC(=O)N[C@H](C)CC(=O)O. The van der Waals surface area contributed by atoms with Crippen LogP contribution in [0.25, 0.3) is 0 Å². The zero-order valence-electron chi connectivity index (χ0n) is 14.5. The average molecular weight is 378 g/mol. The van der Waals surface area contributed by atoms with Crippen molar-refractivity contribution in [3.63, 3.8) is 0 Å². The second-order valence-electron chi connectivity index (χ2n) is 6.00. The largest absolute Gasteiger partial charge is 0.481 e. The molecule has 0 aliphatic carbocycles. The monoisotopic (exact) mass is 377 g/mol. The van der Waals surface area contributed by atoms with Gasteiger partial charge in [-0.25, -0.2) is 4.79 Å². The molecule has 1 aromatic carbocycles. The Balaban J connectivity index is 2.19. The number of amides is 2. The molecule has 0 radical (unpaired) electrons. The van der Waals surface area contributed by atoms with Gasteiger partial charge >= 0.3 is 12.0 Å². The highest BCUT2D eigenvalue weighted by atomic mass is 35.5. The molecule has 26 heavy (non-hydrogen) atoms. The van der Waals surface area contributed by atoms with Crippen LogP contribution in [0.3, 0.4) is 0 Å². The summed E-state index contributed by atoms with van der Waals surface area (Å²) in [5.74, 6) is -1.02. The number of hydrogen-bond donors (Lipinski definition) is 3. The molecule has 0 unspecified atom stereocenters. The summed E-state index contributed by atoms with van der Waals surface area (Å²) >= 11 is 6.14. The van der Waals surface area contributed by atoms with Crippen molar-refractivity contribution < 1.29 is 14.7 Å². The highest BCUT2D eigenvalue weighted by molar-refractivity contribution is 6.31. The molecule has 3 N–H and O–H groups in total. The molecule has 138 valence electrons. The van der Waals surface area contributed by atoms with Gasteiger partial charge in [0.05, 0.1) is 13.0 Å². The van der Waals surface area contributed by atoms with E-state index < -0.39 is 18.0 Å². The van der Waals surface area contributed by atoms with Gasteiger partial charge < -0.3 is 20.3 Å². The number of hydrogen-bond acceptors (Lipinski definition) is 3. The van der Waals surface area contributed by atoms with Crippen molar-refractivity contribution in [3.8, 4) is 0 Å². The lowest BCUT2D eigenvalue weighted by molar-refractivity contribution is -0.137. The highest BCUT2D eigenvalue weighted by Crippen LogP contribution is 2.16. The van der Waals surface area contributed by atoms with Gasteiger partial charge in [-0.2, -0.15) is 0 Å². The van der Waals surface area contributed by atoms with Crippen molar-refractivity contribution in [3.05, 3.63) is 63.0 Å². The predicted molar refractivity (Wildman–Crippen MR) is 99.9 cm³/mol. The second-order valence-corrected chi connectivity index (χ2v) is 6.40. The molecule has 1 aromatic heterocycles. The summed E-state index contributed by atoms with van der Waals surface area (Å²) in [5, 5.41) is 14.3. The number of pyridine rings is 1. The van der Waals surface area contributed by atoms with Crippen LogP contribution >= 0.6 is 11.6 Å². The molecular formula is C18H20ClN3O4. The molecule has 7 nitrogen and oxygen atoms in total. The van der Waals surface area contributed by atoms with Gasteiger partial charge in [-0.05, 0) is 37.1 Å². The summed E-state index contributed by atoms with van der Waals surface area (Å²) in [6.45, 7) is 3.54. The number of carboxylic acid groups (broad SMARTS) is 1. The number of nitrogens with zero attached hydrogens (tertiary/aromatic N) is 1. The molecule has 2 aromatic rings. The molecule has 2 rings (SSSR count). The first kappa shape index (κ1) is 19.5. The molecule has 0 saturated heterocycles. The smallest absolute Gasteiger partial charge is 0.319 e. The topological polar surface area (TPSA) is 100 Å². The van der Waals surface area contributed by atoms with Gasteiger partial charge in [0.15, 0.2) is 0 Å².